The van der Waals surface area contributed by atoms with Crippen LogP contribution in [0, 0.1) is 0 Å². The Hall–Kier alpha value is -2.63. The maximum Gasteiger partial charge on any atom is 0.183 e. The molecule has 0 bridgehead atoms. The molecule has 0 aliphatic heterocycles. The fraction of sp³-hybridized carbons (Fsp3) is 0.0526. The highest BCUT2D eigenvalue weighted by Crippen LogP contribution is 2.36. The number of halogens is 1. The van der Waals surface area contributed by atoms with E-state index in [1.165, 1.54) is 11.3 Å². The summed E-state index contributed by atoms with van der Waals surface area (Å²) in [4.78, 5) is 0. The average Bonchev–Trinajstić information content (AvgIpc) is 3.32. The first-order valence-corrected chi connectivity index (χ1v) is 8.77. The second-order valence-electron chi connectivity index (χ2n) is 5.28. The van der Waals surface area contributed by atoms with Gasteiger partial charge in [0.15, 0.2) is 15.8 Å². The van der Waals surface area contributed by atoms with Crippen LogP contribution < -0.4 is 4.74 Å². The molecule has 25 heavy (non-hydrogen) atoms. The van der Waals surface area contributed by atoms with E-state index in [0.717, 1.165) is 32.7 Å². The van der Waals surface area contributed by atoms with E-state index in [9.17, 15) is 0 Å². The van der Waals surface area contributed by atoms with E-state index in [-0.39, 0.29) is 0 Å². The number of para-hydroxylation sites is 1. The fourth-order valence-electron chi connectivity index (χ4n) is 2.48. The van der Waals surface area contributed by atoms with Gasteiger partial charge in [0.2, 0.25) is 0 Å². The molecular formula is C19H13ClN2O2S. The predicted molar refractivity (Wildman–Crippen MR) is 100 cm³/mol. The highest BCUT2D eigenvalue weighted by Gasteiger charge is 2.15. The normalized spacial score (nSPS) is 10.8. The topological polar surface area (TPSA) is 48.2 Å². The summed E-state index contributed by atoms with van der Waals surface area (Å²) in [5.74, 6) is 2.22. The zero-order chi connectivity index (χ0) is 17.2. The summed E-state index contributed by atoms with van der Waals surface area (Å²) >= 11 is 7.39. The van der Waals surface area contributed by atoms with Crippen LogP contribution in [0.25, 0.3) is 32.7 Å². The Morgan fingerprint density at radius 1 is 0.880 bits per heavy atom. The van der Waals surface area contributed by atoms with Gasteiger partial charge in [-0.25, -0.2) is 0 Å². The zero-order valence-electron chi connectivity index (χ0n) is 13.3. The highest BCUT2D eigenvalue weighted by atomic mass is 35.5. The van der Waals surface area contributed by atoms with Crippen molar-refractivity contribution >= 4 is 22.9 Å². The average molecular weight is 369 g/mol. The molecular weight excluding hydrogens is 356 g/mol. The summed E-state index contributed by atoms with van der Waals surface area (Å²) in [7, 11) is 1.64. The van der Waals surface area contributed by atoms with E-state index in [1.807, 2.05) is 60.7 Å². The first-order valence-electron chi connectivity index (χ1n) is 7.57. The van der Waals surface area contributed by atoms with Gasteiger partial charge in [-0.05, 0) is 48.5 Å². The summed E-state index contributed by atoms with van der Waals surface area (Å²) in [5, 5.41) is 10.7. The number of hydrogen-bond acceptors (Lipinski definition) is 5. The third kappa shape index (κ3) is 3.16. The van der Waals surface area contributed by atoms with Crippen LogP contribution in [-0.2, 0) is 0 Å². The van der Waals surface area contributed by atoms with E-state index in [1.54, 1.807) is 7.11 Å². The highest BCUT2D eigenvalue weighted by molar-refractivity contribution is 7.17. The molecule has 4 nitrogen and oxygen atoms in total. The largest absolute Gasteiger partial charge is 0.496 e. The van der Waals surface area contributed by atoms with Gasteiger partial charge in [-0.3, -0.25) is 0 Å². The first-order chi connectivity index (χ1) is 12.2. The van der Waals surface area contributed by atoms with Crippen molar-refractivity contribution in [2.75, 3.05) is 7.11 Å². The SMILES string of the molecule is COc1ccccc1-c1nnc(-c2ccc(-c3ccc(Cl)cc3)o2)s1. The number of hydrogen-bond donors (Lipinski definition) is 0. The maximum atomic E-state index is 5.93. The Morgan fingerprint density at radius 2 is 1.60 bits per heavy atom. The van der Waals surface area contributed by atoms with Gasteiger partial charge in [0.05, 0.1) is 12.7 Å². The van der Waals surface area contributed by atoms with Crippen LogP contribution in [0.3, 0.4) is 0 Å². The summed E-state index contributed by atoms with van der Waals surface area (Å²) in [5.41, 5.74) is 1.88. The van der Waals surface area contributed by atoms with Gasteiger partial charge in [0, 0.05) is 10.6 Å². The number of rotatable bonds is 4. The van der Waals surface area contributed by atoms with E-state index in [4.69, 9.17) is 20.8 Å². The number of nitrogens with zero attached hydrogens (tertiary/aromatic N) is 2. The number of aromatic nitrogens is 2. The van der Waals surface area contributed by atoms with E-state index in [2.05, 4.69) is 10.2 Å². The number of ether oxygens (including phenoxy) is 1. The van der Waals surface area contributed by atoms with Crippen LogP contribution in [-0.4, -0.2) is 17.3 Å². The van der Waals surface area contributed by atoms with Gasteiger partial charge in [-0.15, -0.1) is 10.2 Å². The number of furan rings is 1. The lowest BCUT2D eigenvalue weighted by Crippen LogP contribution is -1.86. The zero-order valence-corrected chi connectivity index (χ0v) is 14.8. The van der Waals surface area contributed by atoms with Crippen molar-refractivity contribution in [2.45, 2.75) is 0 Å². The van der Waals surface area contributed by atoms with Gasteiger partial charge in [0.1, 0.15) is 11.5 Å². The lowest BCUT2D eigenvalue weighted by atomic mass is 10.2. The number of benzene rings is 2. The second-order valence-corrected chi connectivity index (χ2v) is 6.70. The van der Waals surface area contributed by atoms with Crippen LogP contribution in [0.5, 0.6) is 5.75 Å². The van der Waals surface area contributed by atoms with Crippen molar-refractivity contribution in [3.63, 3.8) is 0 Å². The third-order valence-electron chi connectivity index (χ3n) is 3.71. The number of methoxy groups -OCH3 is 1. The maximum absolute atomic E-state index is 5.93. The van der Waals surface area contributed by atoms with Crippen molar-refractivity contribution in [3.8, 4) is 38.4 Å². The van der Waals surface area contributed by atoms with E-state index < -0.39 is 0 Å². The van der Waals surface area contributed by atoms with Crippen LogP contribution in [0.1, 0.15) is 0 Å². The molecule has 0 spiro atoms. The van der Waals surface area contributed by atoms with Gasteiger partial charge in [0.25, 0.3) is 0 Å². The van der Waals surface area contributed by atoms with Crippen molar-refractivity contribution in [3.05, 3.63) is 65.7 Å². The lowest BCUT2D eigenvalue weighted by Gasteiger charge is -2.03. The summed E-state index contributed by atoms with van der Waals surface area (Å²) in [6.45, 7) is 0. The molecule has 6 heteroatoms. The lowest BCUT2D eigenvalue weighted by molar-refractivity contribution is 0.416. The minimum atomic E-state index is 0.684. The molecule has 2 aromatic heterocycles. The summed E-state index contributed by atoms with van der Waals surface area (Å²) in [6, 6.07) is 19.1. The molecule has 0 aliphatic carbocycles. The molecule has 0 atom stereocenters. The molecule has 0 unspecified atom stereocenters. The van der Waals surface area contributed by atoms with Crippen LogP contribution in [0.4, 0.5) is 0 Å². The van der Waals surface area contributed by atoms with Gasteiger partial charge in [-0.1, -0.05) is 35.1 Å². The van der Waals surface area contributed by atoms with Crippen LogP contribution in [0.15, 0.2) is 65.1 Å². The van der Waals surface area contributed by atoms with Crippen molar-refractivity contribution < 1.29 is 9.15 Å². The predicted octanol–water partition coefficient (Wildman–Crippen LogP) is 5.79. The smallest absolute Gasteiger partial charge is 0.183 e. The Balaban J connectivity index is 1.66. The van der Waals surface area contributed by atoms with E-state index in [0.29, 0.717) is 10.8 Å². The minimum absolute atomic E-state index is 0.684. The molecule has 4 rings (SSSR count). The molecule has 2 heterocycles. The molecule has 0 fully saturated rings. The van der Waals surface area contributed by atoms with Gasteiger partial charge in [-0.2, -0.15) is 0 Å². The molecule has 0 N–H and O–H groups in total. The summed E-state index contributed by atoms with van der Waals surface area (Å²) in [6.07, 6.45) is 0. The first kappa shape index (κ1) is 15.9. The Morgan fingerprint density at radius 3 is 2.40 bits per heavy atom. The van der Waals surface area contributed by atoms with Gasteiger partial charge >= 0.3 is 0 Å². The van der Waals surface area contributed by atoms with Crippen molar-refractivity contribution in [2.24, 2.45) is 0 Å². The van der Waals surface area contributed by atoms with Crippen molar-refractivity contribution in [1.29, 1.82) is 0 Å². The summed E-state index contributed by atoms with van der Waals surface area (Å²) < 4.78 is 11.3. The van der Waals surface area contributed by atoms with Crippen molar-refractivity contribution in [1.82, 2.24) is 10.2 Å². The molecule has 0 saturated carbocycles. The standard InChI is InChI=1S/C19H13ClN2O2S/c1-23-16-5-3-2-4-14(16)18-21-22-19(25-18)17-11-10-15(24-17)12-6-8-13(20)9-7-12/h2-11H,1H3. The fourth-order valence-corrected chi connectivity index (χ4v) is 3.44. The third-order valence-corrected chi connectivity index (χ3v) is 4.93. The molecule has 124 valence electrons. The van der Waals surface area contributed by atoms with Crippen LogP contribution in [0.2, 0.25) is 5.02 Å². The van der Waals surface area contributed by atoms with Gasteiger partial charge < -0.3 is 9.15 Å². The van der Waals surface area contributed by atoms with Crippen LogP contribution >= 0.6 is 22.9 Å². The molecule has 0 radical (unpaired) electrons. The monoisotopic (exact) mass is 368 g/mol. The molecule has 0 amide bonds. The molecule has 0 aliphatic rings. The minimum Gasteiger partial charge on any atom is -0.496 e. The molecule has 0 saturated heterocycles. The quantitative estimate of drug-likeness (QED) is 0.457. The van der Waals surface area contributed by atoms with E-state index >= 15 is 0 Å². The second kappa shape index (κ2) is 6.70. The Labute approximate surface area is 153 Å². The molecule has 4 aromatic rings. The molecule has 2 aromatic carbocycles. The Bertz CT molecular complexity index is 1010. The Kier molecular flexibility index (Phi) is 4.26.